The number of unbranched alkanes of at least 4 members (excludes halogenated alkanes) is 12. The summed E-state index contributed by atoms with van der Waals surface area (Å²) < 4.78 is 0. The highest BCUT2D eigenvalue weighted by molar-refractivity contribution is 5.72. The van der Waals surface area contributed by atoms with Crippen molar-refractivity contribution in [2.24, 2.45) is 5.10 Å². The Morgan fingerprint density at radius 3 is 1.80 bits per heavy atom. The molecule has 25 heavy (non-hydrogen) atoms. The topological polar surface area (TPSA) is 24.4 Å². The predicted octanol–water partition coefficient (Wildman–Crippen LogP) is 7.67. The minimum Gasteiger partial charge on any atom is -0.282 e. The Hall–Kier alpha value is -1.05. The van der Waals surface area contributed by atoms with Crippen molar-refractivity contribution >= 4 is 6.21 Å². The first-order valence-electron chi connectivity index (χ1n) is 11.1. The lowest BCUT2D eigenvalue weighted by atomic mass is 10.00. The van der Waals surface area contributed by atoms with Crippen LogP contribution in [0, 0.1) is 0 Å². The normalized spacial score (nSPS) is 14.0. The van der Waals surface area contributed by atoms with Crippen LogP contribution in [0.4, 0.5) is 0 Å². The fourth-order valence-corrected chi connectivity index (χ4v) is 3.47. The lowest BCUT2D eigenvalue weighted by Crippen LogP contribution is -2.07. The Morgan fingerprint density at radius 2 is 1.20 bits per heavy atom. The Kier molecular flexibility index (Phi) is 14.4. The third-order valence-corrected chi connectivity index (χ3v) is 5.13. The van der Waals surface area contributed by atoms with E-state index in [1.165, 1.54) is 108 Å². The first-order chi connectivity index (χ1) is 12.4. The SMILES string of the molecule is CCCCCCCCCC1=C(CCCCCCCCC)NN=CC=C1. The Morgan fingerprint density at radius 1 is 0.680 bits per heavy atom. The molecule has 2 nitrogen and oxygen atoms in total. The van der Waals surface area contributed by atoms with Gasteiger partial charge in [-0.1, -0.05) is 97.0 Å². The van der Waals surface area contributed by atoms with Gasteiger partial charge in [-0.2, -0.15) is 5.10 Å². The predicted molar refractivity (Wildman–Crippen MR) is 113 cm³/mol. The number of allylic oxidation sites excluding steroid dienone is 4. The number of hydrazone groups is 1. The summed E-state index contributed by atoms with van der Waals surface area (Å²) in [5, 5.41) is 4.30. The summed E-state index contributed by atoms with van der Waals surface area (Å²) in [6, 6.07) is 0. The van der Waals surface area contributed by atoms with E-state index < -0.39 is 0 Å². The van der Waals surface area contributed by atoms with E-state index in [0.29, 0.717) is 0 Å². The van der Waals surface area contributed by atoms with E-state index in [1.54, 1.807) is 0 Å². The largest absolute Gasteiger partial charge is 0.282 e. The summed E-state index contributed by atoms with van der Waals surface area (Å²) in [5.41, 5.74) is 6.15. The molecule has 1 rings (SSSR count). The smallest absolute Gasteiger partial charge is 0.0472 e. The molecule has 0 aromatic heterocycles. The maximum atomic E-state index is 4.30. The highest BCUT2D eigenvalue weighted by Crippen LogP contribution is 2.20. The van der Waals surface area contributed by atoms with Crippen LogP contribution in [0.1, 0.15) is 117 Å². The fourth-order valence-electron chi connectivity index (χ4n) is 3.47. The number of nitrogens with zero attached hydrogens (tertiary/aromatic N) is 1. The molecular weight excluding hydrogens is 304 g/mol. The molecule has 2 heteroatoms. The highest BCUT2D eigenvalue weighted by atomic mass is 15.3. The molecule has 0 saturated carbocycles. The van der Waals surface area contributed by atoms with Gasteiger partial charge in [0.2, 0.25) is 0 Å². The average molecular weight is 347 g/mol. The summed E-state index contributed by atoms with van der Waals surface area (Å²) >= 11 is 0. The van der Waals surface area contributed by atoms with Crippen molar-refractivity contribution in [2.45, 2.75) is 117 Å². The van der Waals surface area contributed by atoms with Crippen LogP contribution in [0.15, 0.2) is 28.5 Å². The van der Waals surface area contributed by atoms with Gasteiger partial charge in [-0.3, -0.25) is 5.43 Å². The molecule has 0 fully saturated rings. The van der Waals surface area contributed by atoms with Gasteiger partial charge in [0.25, 0.3) is 0 Å². The molecule has 0 aromatic rings. The van der Waals surface area contributed by atoms with E-state index in [-0.39, 0.29) is 0 Å². The maximum absolute atomic E-state index is 4.30. The van der Waals surface area contributed by atoms with Crippen LogP contribution in [0.5, 0.6) is 0 Å². The number of rotatable bonds is 16. The molecule has 0 spiro atoms. The van der Waals surface area contributed by atoms with Crippen LogP contribution in [0.25, 0.3) is 0 Å². The summed E-state index contributed by atoms with van der Waals surface area (Å²) in [7, 11) is 0. The first-order valence-corrected chi connectivity index (χ1v) is 11.1. The van der Waals surface area contributed by atoms with E-state index in [2.05, 4.69) is 36.5 Å². The minimum absolute atomic E-state index is 1.15. The van der Waals surface area contributed by atoms with Crippen molar-refractivity contribution < 1.29 is 0 Å². The molecule has 1 aliphatic rings. The summed E-state index contributed by atoms with van der Waals surface area (Å²) in [6.07, 6.45) is 27.8. The minimum atomic E-state index is 1.15. The lowest BCUT2D eigenvalue weighted by molar-refractivity contribution is 0.576. The summed E-state index contributed by atoms with van der Waals surface area (Å²) in [5.74, 6) is 0. The molecule has 0 amide bonds. The van der Waals surface area contributed by atoms with Crippen molar-refractivity contribution in [3.05, 3.63) is 23.4 Å². The van der Waals surface area contributed by atoms with Gasteiger partial charge in [0.05, 0.1) is 0 Å². The van der Waals surface area contributed by atoms with E-state index in [4.69, 9.17) is 0 Å². The van der Waals surface area contributed by atoms with Gasteiger partial charge in [0, 0.05) is 11.9 Å². The standard InChI is InChI=1S/C23H42N2/c1-3-5-7-9-11-13-15-18-22-19-17-21-24-25-23(22)20-16-14-12-10-8-6-4-2/h17,19,21,25H,3-16,18,20H2,1-2H3. The molecule has 1 heterocycles. The van der Waals surface area contributed by atoms with E-state index in [0.717, 1.165) is 6.42 Å². The van der Waals surface area contributed by atoms with Crippen molar-refractivity contribution in [3.8, 4) is 0 Å². The van der Waals surface area contributed by atoms with Gasteiger partial charge in [-0.25, -0.2) is 0 Å². The van der Waals surface area contributed by atoms with Crippen molar-refractivity contribution in [1.29, 1.82) is 0 Å². The van der Waals surface area contributed by atoms with E-state index >= 15 is 0 Å². The van der Waals surface area contributed by atoms with E-state index in [1.807, 2.05) is 6.21 Å². The zero-order chi connectivity index (χ0) is 18.0. The Labute approximate surface area is 157 Å². The highest BCUT2D eigenvalue weighted by Gasteiger charge is 2.06. The van der Waals surface area contributed by atoms with Crippen molar-refractivity contribution in [2.75, 3.05) is 0 Å². The first kappa shape index (κ1) is 22.0. The third kappa shape index (κ3) is 12.0. The maximum Gasteiger partial charge on any atom is 0.0472 e. The van der Waals surface area contributed by atoms with Gasteiger partial charge in [0.1, 0.15) is 0 Å². The summed E-state index contributed by atoms with van der Waals surface area (Å²) in [4.78, 5) is 0. The third-order valence-electron chi connectivity index (χ3n) is 5.13. The molecule has 0 saturated heterocycles. The van der Waals surface area contributed by atoms with Gasteiger partial charge in [-0.05, 0) is 37.3 Å². The molecule has 0 aliphatic carbocycles. The molecular formula is C23H42N2. The van der Waals surface area contributed by atoms with Crippen LogP contribution in [0.3, 0.4) is 0 Å². The van der Waals surface area contributed by atoms with E-state index in [9.17, 15) is 0 Å². The lowest BCUT2D eigenvalue weighted by Gasteiger charge is -2.12. The second-order valence-corrected chi connectivity index (χ2v) is 7.50. The second-order valence-electron chi connectivity index (χ2n) is 7.50. The number of hydrogen-bond donors (Lipinski definition) is 1. The van der Waals surface area contributed by atoms with Gasteiger partial charge in [-0.15, -0.1) is 0 Å². The van der Waals surface area contributed by atoms with Crippen LogP contribution < -0.4 is 5.43 Å². The van der Waals surface area contributed by atoms with Crippen molar-refractivity contribution in [3.63, 3.8) is 0 Å². The molecule has 0 radical (unpaired) electrons. The molecule has 0 bridgehead atoms. The van der Waals surface area contributed by atoms with Gasteiger partial charge in [0.15, 0.2) is 0 Å². The van der Waals surface area contributed by atoms with Crippen LogP contribution in [-0.4, -0.2) is 6.21 Å². The van der Waals surface area contributed by atoms with Crippen LogP contribution in [0.2, 0.25) is 0 Å². The number of nitrogens with one attached hydrogen (secondary N) is 1. The Bertz CT molecular complexity index is 393. The molecule has 0 atom stereocenters. The molecule has 0 unspecified atom stereocenters. The molecule has 0 aromatic carbocycles. The Balaban J connectivity index is 2.23. The van der Waals surface area contributed by atoms with Crippen LogP contribution in [-0.2, 0) is 0 Å². The second kappa shape index (κ2) is 16.4. The molecule has 1 aliphatic heterocycles. The zero-order valence-electron chi connectivity index (χ0n) is 17.0. The van der Waals surface area contributed by atoms with Gasteiger partial charge >= 0.3 is 0 Å². The number of hydrogen-bond acceptors (Lipinski definition) is 2. The van der Waals surface area contributed by atoms with Gasteiger partial charge < -0.3 is 0 Å². The zero-order valence-corrected chi connectivity index (χ0v) is 17.0. The average Bonchev–Trinajstić information content (AvgIpc) is 2.85. The van der Waals surface area contributed by atoms with Crippen LogP contribution >= 0.6 is 0 Å². The van der Waals surface area contributed by atoms with Crippen molar-refractivity contribution in [1.82, 2.24) is 5.43 Å². The fraction of sp³-hybridized carbons (Fsp3) is 0.783. The molecule has 144 valence electrons. The molecule has 1 N–H and O–H groups in total. The monoisotopic (exact) mass is 346 g/mol. The quantitative estimate of drug-likeness (QED) is 0.285. The summed E-state index contributed by atoms with van der Waals surface area (Å²) in [6.45, 7) is 4.57.